The molecule has 0 saturated carbocycles. The van der Waals surface area contributed by atoms with Gasteiger partial charge in [-0.2, -0.15) is 5.26 Å². The summed E-state index contributed by atoms with van der Waals surface area (Å²) in [6.07, 6.45) is 2.33. The summed E-state index contributed by atoms with van der Waals surface area (Å²) in [6, 6.07) is 9.93. The number of piperidine rings is 1. The number of halogens is 1. The maximum atomic E-state index is 12.4. The number of hydrogen-bond acceptors (Lipinski definition) is 2. The molecule has 1 aromatic rings. The lowest BCUT2D eigenvalue weighted by Gasteiger charge is -2.31. The van der Waals surface area contributed by atoms with Gasteiger partial charge in [0.05, 0.1) is 6.07 Å². The van der Waals surface area contributed by atoms with E-state index in [0.29, 0.717) is 18.1 Å². The maximum Gasteiger partial charge on any atom is 0.225 e. The van der Waals surface area contributed by atoms with Gasteiger partial charge in [0.25, 0.3) is 0 Å². The maximum absolute atomic E-state index is 12.4. The number of amides is 1. The van der Waals surface area contributed by atoms with Crippen molar-refractivity contribution in [3.8, 4) is 6.07 Å². The molecule has 1 amide bonds. The molecule has 1 heterocycles. The first-order valence-corrected chi connectivity index (χ1v) is 7.41. The standard InChI is InChI=1S/C16H19ClN2O/c1-12(10-13-2-4-15(17)5-3-13)16(20)19-8-6-14(11-18)7-9-19/h2-5,12,14H,6-10H2,1H3. The van der Waals surface area contributed by atoms with Crippen LogP contribution in [0.5, 0.6) is 0 Å². The topological polar surface area (TPSA) is 44.1 Å². The minimum Gasteiger partial charge on any atom is -0.342 e. The van der Waals surface area contributed by atoms with E-state index in [1.807, 2.05) is 36.1 Å². The zero-order valence-electron chi connectivity index (χ0n) is 11.7. The fourth-order valence-corrected chi connectivity index (χ4v) is 2.73. The van der Waals surface area contributed by atoms with Crippen molar-refractivity contribution >= 4 is 17.5 Å². The summed E-state index contributed by atoms with van der Waals surface area (Å²) in [4.78, 5) is 14.3. The van der Waals surface area contributed by atoms with E-state index >= 15 is 0 Å². The Morgan fingerprint density at radius 1 is 1.40 bits per heavy atom. The number of hydrogen-bond donors (Lipinski definition) is 0. The van der Waals surface area contributed by atoms with Crippen LogP contribution >= 0.6 is 11.6 Å². The fourth-order valence-electron chi connectivity index (χ4n) is 2.60. The van der Waals surface area contributed by atoms with Crippen LogP contribution in [0.4, 0.5) is 0 Å². The van der Waals surface area contributed by atoms with E-state index in [-0.39, 0.29) is 17.7 Å². The number of likely N-dealkylation sites (tertiary alicyclic amines) is 1. The first kappa shape index (κ1) is 14.9. The van der Waals surface area contributed by atoms with E-state index in [1.54, 1.807) is 0 Å². The minimum atomic E-state index is -0.0326. The minimum absolute atomic E-state index is 0.0326. The van der Waals surface area contributed by atoms with Crippen molar-refractivity contribution in [2.45, 2.75) is 26.2 Å². The highest BCUT2D eigenvalue weighted by atomic mass is 35.5. The number of carbonyl (C=O) groups excluding carboxylic acids is 1. The Bertz CT molecular complexity index is 498. The molecule has 0 aliphatic carbocycles. The molecule has 2 rings (SSSR count). The zero-order chi connectivity index (χ0) is 14.5. The van der Waals surface area contributed by atoms with Crippen LogP contribution in [0, 0.1) is 23.2 Å². The third-order valence-corrected chi connectivity index (χ3v) is 4.12. The van der Waals surface area contributed by atoms with Gasteiger partial charge in [-0.3, -0.25) is 4.79 Å². The second-order valence-corrected chi connectivity index (χ2v) is 5.90. The van der Waals surface area contributed by atoms with Crippen molar-refractivity contribution in [3.05, 3.63) is 34.9 Å². The van der Waals surface area contributed by atoms with Gasteiger partial charge in [0, 0.05) is 29.9 Å². The van der Waals surface area contributed by atoms with E-state index in [1.165, 1.54) is 0 Å². The molecule has 0 bridgehead atoms. The average molecular weight is 291 g/mol. The molecule has 1 saturated heterocycles. The van der Waals surface area contributed by atoms with E-state index in [0.717, 1.165) is 24.8 Å². The summed E-state index contributed by atoms with van der Waals surface area (Å²) in [5.74, 6) is 0.275. The average Bonchev–Trinajstić information content (AvgIpc) is 2.49. The smallest absolute Gasteiger partial charge is 0.225 e. The number of rotatable bonds is 3. The lowest BCUT2D eigenvalue weighted by atomic mass is 9.95. The van der Waals surface area contributed by atoms with Crippen LogP contribution in [0.3, 0.4) is 0 Å². The molecule has 1 aromatic carbocycles. The molecule has 0 N–H and O–H groups in total. The van der Waals surface area contributed by atoms with E-state index in [2.05, 4.69) is 6.07 Å². The SMILES string of the molecule is CC(Cc1ccc(Cl)cc1)C(=O)N1CCC(C#N)CC1. The van der Waals surface area contributed by atoms with Crippen molar-refractivity contribution in [1.29, 1.82) is 5.26 Å². The molecule has 1 aliphatic rings. The van der Waals surface area contributed by atoms with Crippen LogP contribution in [0.2, 0.25) is 5.02 Å². The summed E-state index contributed by atoms with van der Waals surface area (Å²) >= 11 is 5.86. The molecule has 0 aromatic heterocycles. The van der Waals surface area contributed by atoms with Crippen molar-refractivity contribution < 1.29 is 4.79 Å². The number of nitriles is 1. The monoisotopic (exact) mass is 290 g/mol. The molecule has 106 valence electrons. The zero-order valence-corrected chi connectivity index (χ0v) is 12.4. The van der Waals surface area contributed by atoms with Crippen molar-refractivity contribution in [2.24, 2.45) is 11.8 Å². The molecule has 3 nitrogen and oxygen atoms in total. The molecular formula is C16H19ClN2O. The number of carbonyl (C=O) groups is 1. The predicted molar refractivity (Wildman–Crippen MR) is 79.2 cm³/mol. The molecule has 1 unspecified atom stereocenters. The van der Waals surface area contributed by atoms with Crippen LogP contribution < -0.4 is 0 Å². The highest BCUT2D eigenvalue weighted by Gasteiger charge is 2.25. The number of benzene rings is 1. The second kappa shape index (κ2) is 6.76. The van der Waals surface area contributed by atoms with Gasteiger partial charge in [0.2, 0.25) is 5.91 Å². The van der Waals surface area contributed by atoms with E-state index in [9.17, 15) is 4.79 Å². The van der Waals surface area contributed by atoms with Crippen LogP contribution in [0.25, 0.3) is 0 Å². The summed E-state index contributed by atoms with van der Waals surface area (Å²) in [6.45, 7) is 3.39. The van der Waals surface area contributed by atoms with Crippen LogP contribution in [0.1, 0.15) is 25.3 Å². The van der Waals surface area contributed by atoms with Crippen LogP contribution in [-0.2, 0) is 11.2 Å². The molecule has 4 heteroatoms. The first-order chi connectivity index (χ1) is 9.60. The Labute approximate surface area is 125 Å². The highest BCUT2D eigenvalue weighted by Crippen LogP contribution is 2.20. The van der Waals surface area contributed by atoms with Gasteiger partial charge in [0.15, 0.2) is 0 Å². The molecular weight excluding hydrogens is 272 g/mol. The summed E-state index contributed by atoms with van der Waals surface area (Å²) < 4.78 is 0. The van der Waals surface area contributed by atoms with Gasteiger partial charge >= 0.3 is 0 Å². The Hall–Kier alpha value is -1.53. The molecule has 0 radical (unpaired) electrons. The van der Waals surface area contributed by atoms with Crippen molar-refractivity contribution in [2.75, 3.05) is 13.1 Å². The molecule has 1 atom stereocenters. The predicted octanol–water partition coefficient (Wildman–Crippen LogP) is 3.28. The molecule has 20 heavy (non-hydrogen) atoms. The summed E-state index contributed by atoms with van der Waals surface area (Å²) in [7, 11) is 0. The van der Waals surface area contributed by atoms with Gasteiger partial charge in [-0.25, -0.2) is 0 Å². The third-order valence-electron chi connectivity index (χ3n) is 3.87. The van der Waals surface area contributed by atoms with Gasteiger partial charge < -0.3 is 4.90 Å². The van der Waals surface area contributed by atoms with E-state index < -0.39 is 0 Å². The van der Waals surface area contributed by atoms with Crippen molar-refractivity contribution in [3.63, 3.8) is 0 Å². The molecule has 1 aliphatic heterocycles. The lowest BCUT2D eigenvalue weighted by Crippen LogP contribution is -2.41. The quantitative estimate of drug-likeness (QED) is 0.857. The Kier molecular flexibility index (Phi) is 5.03. The van der Waals surface area contributed by atoms with Gasteiger partial charge in [0.1, 0.15) is 0 Å². The fraction of sp³-hybridized carbons (Fsp3) is 0.500. The van der Waals surface area contributed by atoms with Crippen LogP contribution in [-0.4, -0.2) is 23.9 Å². The summed E-state index contributed by atoms with van der Waals surface area (Å²) in [5, 5.41) is 9.59. The lowest BCUT2D eigenvalue weighted by molar-refractivity contribution is -0.136. The van der Waals surface area contributed by atoms with Gasteiger partial charge in [-0.05, 0) is 37.0 Å². The number of nitrogens with zero attached hydrogens (tertiary/aromatic N) is 2. The Morgan fingerprint density at radius 3 is 2.55 bits per heavy atom. The van der Waals surface area contributed by atoms with Gasteiger partial charge in [-0.15, -0.1) is 0 Å². The van der Waals surface area contributed by atoms with E-state index in [4.69, 9.17) is 16.9 Å². The van der Waals surface area contributed by atoms with Crippen molar-refractivity contribution in [1.82, 2.24) is 4.90 Å². The Morgan fingerprint density at radius 2 is 2.00 bits per heavy atom. The Balaban J connectivity index is 1.89. The second-order valence-electron chi connectivity index (χ2n) is 5.46. The molecule has 0 spiro atoms. The van der Waals surface area contributed by atoms with Crippen LogP contribution in [0.15, 0.2) is 24.3 Å². The first-order valence-electron chi connectivity index (χ1n) is 7.03. The highest BCUT2D eigenvalue weighted by molar-refractivity contribution is 6.30. The third kappa shape index (κ3) is 3.74. The molecule has 1 fully saturated rings. The summed E-state index contributed by atoms with van der Waals surface area (Å²) in [5.41, 5.74) is 1.13. The largest absolute Gasteiger partial charge is 0.342 e. The van der Waals surface area contributed by atoms with Gasteiger partial charge in [-0.1, -0.05) is 30.7 Å². The normalized spacial score (nSPS) is 17.6.